The molecule has 31 heavy (non-hydrogen) atoms. The number of hydrogen-bond acceptors (Lipinski definition) is 7. The highest BCUT2D eigenvalue weighted by Crippen LogP contribution is 2.31. The van der Waals surface area contributed by atoms with Gasteiger partial charge in [0.05, 0.1) is 17.6 Å². The Balaban J connectivity index is 1.42. The van der Waals surface area contributed by atoms with Crippen LogP contribution in [0.15, 0.2) is 63.1 Å². The van der Waals surface area contributed by atoms with Crippen LogP contribution >= 0.6 is 11.8 Å². The van der Waals surface area contributed by atoms with Crippen LogP contribution in [0.5, 0.6) is 5.75 Å². The molecule has 0 N–H and O–H groups in total. The van der Waals surface area contributed by atoms with E-state index in [2.05, 4.69) is 10.2 Å². The van der Waals surface area contributed by atoms with Gasteiger partial charge in [0.1, 0.15) is 5.75 Å². The number of thioether (sulfide) groups is 1. The second kappa shape index (κ2) is 9.42. The number of hydrogen-bond donors (Lipinski definition) is 0. The smallest absolute Gasteiger partial charge is 0.277 e. The predicted octanol–water partition coefficient (Wildman–Crippen LogP) is 4.60. The molecule has 1 atom stereocenters. The molecule has 1 unspecified atom stereocenters. The van der Waals surface area contributed by atoms with E-state index < -0.39 is 10.0 Å². The van der Waals surface area contributed by atoms with E-state index >= 15 is 0 Å². The minimum atomic E-state index is -3.46. The third-order valence-electron chi connectivity index (χ3n) is 5.38. The summed E-state index contributed by atoms with van der Waals surface area (Å²) in [5.74, 6) is 1.66. The van der Waals surface area contributed by atoms with Crippen LogP contribution in [-0.2, 0) is 15.8 Å². The standard InChI is InChI=1S/C22H25N3O4S2/c1-16-7-5-6-14-25(16)31(26,27)18-12-10-17(11-13-18)15-30-22-24-23-21(29-22)19-8-3-4-9-20(19)28-2/h3-4,8-13,16H,5-7,14-15H2,1-2H3. The van der Waals surface area contributed by atoms with Gasteiger partial charge in [0.25, 0.3) is 11.1 Å². The van der Waals surface area contributed by atoms with Gasteiger partial charge in [-0.05, 0) is 49.6 Å². The highest BCUT2D eigenvalue weighted by atomic mass is 32.2. The highest BCUT2D eigenvalue weighted by molar-refractivity contribution is 7.98. The first kappa shape index (κ1) is 21.9. The fourth-order valence-corrected chi connectivity index (χ4v) is 6.08. The van der Waals surface area contributed by atoms with Crippen LogP contribution in [-0.4, -0.2) is 42.6 Å². The fourth-order valence-electron chi connectivity index (χ4n) is 3.67. The van der Waals surface area contributed by atoms with Crippen molar-refractivity contribution in [2.24, 2.45) is 0 Å². The van der Waals surface area contributed by atoms with Crippen LogP contribution < -0.4 is 4.74 Å². The zero-order valence-electron chi connectivity index (χ0n) is 17.5. The molecule has 7 nitrogen and oxygen atoms in total. The van der Waals surface area contributed by atoms with Crippen LogP contribution in [0.4, 0.5) is 0 Å². The Labute approximate surface area is 186 Å². The number of benzene rings is 2. The largest absolute Gasteiger partial charge is 0.496 e. The van der Waals surface area contributed by atoms with E-state index in [0.717, 1.165) is 30.4 Å². The minimum absolute atomic E-state index is 0.0453. The van der Waals surface area contributed by atoms with Gasteiger partial charge in [-0.1, -0.05) is 42.4 Å². The number of rotatable bonds is 7. The summed E-state index contributed by atoms with van der Waals surface area (Å²) in [6.07, 6.45) is 2.91. The Morgan fingerprint density at radius 2 is 1.90 bits per heavy atom. The second-order valence-electron chi connectivity index (χ2n) is 7.47. The second-order valence-corrected chi connectivity index (χ2v) is 10.3. The van der Waals surface area contributed by atoms with E-state index in [-0.39, 0.29) is 6.04 Å². The van der Waals surface area contributed by atoms with Crippen molar-refractivity contribution in [2.45, 2.75) is 48.1 Å². The zero-order chi connectivity index (χ0) is 21.8. The Hall–Kier alpha value is -2.36. The number of sulfonamides is 1. The Morgan fingerprint density at radius 1 is 1.13 bits per heavy atom. The van der Waals surface area contributed by atoms with Crippen LogP contribution in [0.2, 0.25) is 0 Å². The molecular formula is C22H25N3O4S2. The molecule has 164 valence electrons. The molecule has 0 spiro atoms. The normalized spacial score (nSPS) is 17.5. The molecule has 0 bridgehead atoms. The molecule has 9 heteroatoms. The first-order chi connectivity index (χ1) is 15.0. The lowest BCUT2D eigenvalue weighted by Crippen LogP contribution is -2.41. The Bertz CT molecular complexity index is 1130. The van der Waals surface area contributed by atoms with Gasteiger partial charge in [-0.2, -0.15) is 4.31 Å². The van der Waals surface area contributed by atoms with Crippen LogP contribution in [0.3, 0.4) is 0 Å². The lowest BCUT2D eigenvalue weighted by molar-refractivity contribution is 0.268. The summed E-state index contributed by atoms with van der Waals surface area (Å²) in [4.78, 5) is 0.339. The summed E-state index contributed by atoms with van der Waals surface area (Å²) in [7, 11) is -1.86. The number of ether oxygens (including phenoxy) is 1. The fraction of sp³-hybridized carbons (Fsp3) is 0.364. The van der Waals surface area contributed by atoms with Gasteiger partial charge in [0.15, 0.2) is 0 Å². The lowest BCUT2D eigenvalue weighted by atomic mass is 10.1. The van der Waals surface area contributed by atoms with Crippen molar-refractivity contribution in [3.63, 3.8) is 0 Å². The average molecular weight is 460 g/mol. The molecule has 1 fully saturated rings. The van der Waals surface area contributed by atoms with Crippen LogP contribution in [0, 0.1) is 0 Å². The molecular weight excluding hydrogens is 434 g/mol. The Kier molecular flexibility index (Phi) is 6.64. The number of methoxy groups -OCH3 is 1. The van der Waals surface area contributed by atoms with Gasteiger partial charge >= 0.3 is 0 Å². The molecule has 1 aromatic heterocycles. The maximum atomic E-state index is 13.0. The number of para-hydroxylation sites is 1. The van der Waals surface area contributed by atoms with Gasteiger partial charge < -0.3 is 9.15 Å². The summed E-state index contributed by atoms with van der Waals surface area (Å²) in [5.41, 5.74) is 1.72. The molecule has 0 radical (unpaired) electrons. The van der Waals surface area contributed by atoms with Crippen molar-refractivity contribution in [1.82, 2.24) is 14.5 Å². The van der Waals surface area contributed by atoms with Gasteiger partial charge in [-0.25, -0.2) is 8.42 Å². The first-order valence-corrected chi connectivity index (χ1v) is 12.6. The topological polar surface area (TPSA) is 85.5 Å². The minimum Gasteiger partial charge on any atom is -0.496 e. The van der Waals surface area contributed by atoms with Crippen molar-refractivity contribution in [3.8, 4) is 17.2 Å². The molecule has 1 saturated heterocycles. The monoisotopic (exact) mass is 459 g/mol. The summed E-state index contributed by atoms with van der Waals surface area (Å²) in [6, 6.07) is 14.6. The summed E-state index contributed by atoms with van der Waals surface area (Å²) in [6.45, 7) is 2.57. The van der Waals surface area contributed by atoms with E-state index in [0.29, 0.717) is 34.1 Å². The van der Waals surface area contributed by atoms with Gasteiger partial charge in [-0.3, -0.25) is 0 Å². The van der Waals surface area contributed by atoms with Crippen LogP contribution in [0.1, 0.15) is 31.7 Å². The third-order valence-corrected chi connectivity index (χ3v) is 8.30. The first-order valence-electron chi connectivity index (χ1n) is 10.2. The molecule has 1 aliphatic rings. The SMILES string of the molecule is COc1ccccc1-c1nnc(SCc2ccc(S(=O)(=O)N3CCCCC3C)cc2)o1. The highest BCUT2D eigenvalue weighted by Gasteiger charge is 2.30. The van der Waals surface area contributed by atoms with E-state index in [1.807, 2.05) is 43.3 Å². The third kappa shape index (κ3) is 4.78. The Morgan fingerprint density at radius 3 is 2.65 bits per heavy atom. The van der Waals surface area contributed by atoms with Crippen molar-refractivity contribution in [1.29, 1.82) is 0 Å². The van der Waals surface area contributed by atoms with E-state index in [4.69, 9.17) is 9.15 Å². The molecule has 4 rings (SSSR count). The van der Waals surface area contributed by atoms with Crippen molar-refractivity contribution in [2.75, 3.05) is 13.7 Å². The van der Waals surface area contributed by atoms with Gasteiger partial charge in [-0.15, -0.1) is 10.2 Å². The van der Waals surface area contributed by atoms with E-state index in [9.17, 15) is 8.42 Å². The maximum Gasteiger partial charge on any atom is 0.277 e. The molecule has 0 aliphatic carbocycles. The maximum absolute atomic E-state index is 13.0. The molecule has 2 heterocycles. The van der Waals surface area contributed by atoms with Gasteiger partial charge in [0, 0.05) is 18.3 Å². The average Bonchev–Trinajstić information content (AvgIpc) is 3.27. The number of aromatic nitrogens is 2. The molecule has 2 aromatic carbocycles. The molecule has 1 aliphatic heterocycles. The predicted molar refractivity (Wildman–Crippen MR) is 119 cm³/mol. The quantitative estimate of drug-likeness (QED) is 0.477. The molecule has 0 amide bonds. The summed E-state index contributed by atoms with van der Waals surface area (Å²) in [5, 5.41) is 8.65. The molecule has 3 aromatic rings. The lowest BCUT2D eigenvalue weighted by Gasteiger charge is -2.32. The van der Waals surface area contributed by atoms with E-state index in [1.165, 1.54) is 11.8 Å². The number of nitrogens with zero attached hydrogens (tertiary/aromatic N) is 3. The summed E-state index contributed by atoms with van der Waals surface area (Å²) >= 11 is 1.40. The van der Waals surface area contributed by atoms with Crippen LogP contribution in [0.25, 0.3) is 11.5 Å². The molecule has 0 saturated carbocycles. The van der Waals surface area contributed by atoms with Gasteiger partial charge in [0.2, 0.25) is 10.0 Å². The number of piperidine rings is 1. The van der Waals surface area contributed by atoms with Crippen molar-refractivity contribution < 1.29 is 17.6 Å². The van der Waals surface area contributed by atoms with Crippen molar-refractivity contribution >= 4 is 21.8 Å². The van der Waals surface area contributed by atoms with E-state index in [1.54, 1.807) is 23.5 Å². The summed E-state index contributed by atoms with van der Waals surface area (Å²) < 4.78 is 38.6. The van der Waals surface area contributed by atoms with Crippen molar-refractivity contribution in [3.05, 3.63) is 54.1 Å². The zero-order valence-corrected chi connectivity index (χ0v) is 19.2.